The first-order valence-corrected chi connectivity index (χ1v) is 6.66. The van der Waals surface area contributed by atoms with E-state index in [1.807, 2.05) is 11.8 Å². The van der Waals surface area contributed by atoms with Crippen LogP contribution in [0.25, 0.3) is 0 Å². The Morgan fingerprint density at radius 1 is 1.20 bits per heavy atom. The van der Waals surface area contributed by atoms with Crippen molar-refractivity contribution in [2.45, 2.75) is 37.4 Å². The van der Waals surface area contributed by atoms with Gasteiger partial charge in [0.15, 0.2) is 0 Å². The van der Waals surface area contributed by atoms with Gasteiger partial charge in [0, 0.05) is 11.3 Å². The summed E-state index contributed by atoms with van der Waals surface area (Å²) in [6.07, 6.45) is 5.85. The third-order valence-corrected chi connectivity index (χ3v) is 4.57. The number of thioether (sulfide) groups is 1. The van der Waals surface area contributed by atoms with Crippen molar-refractivity contribution in [1.82, 2.24) is 9.97 Å². The fraction of sp³-hybridized carbons (Fsp3) is 0.636. The second-order valence-electron chi connectivity index (χ2n) is 4.25. The maximum Gasteiger partial charge on any atom is 0.143 e. The summed E-state index contributed by atoms with van der Waals surface area (Å²) in [4.78, 5) is 9.16. The molecule has 15 heavy (non-hydrogen) atoms. The molecule has 0 saturated carbocycles. The quantitative estimate of drug-likeness (QED) is 0.789. The zero-order valence-corrected chi connectivity index (χ0v) is 9.52. The Morgan fingerprint density at radius 3 is 2.93 bits per heavy atom. The van der Waals surface area contributed by atoms with Crippen LogP contribution in [-0.4, -0.2) is 15.7 Å². The minimum atomic E-state index is 0.498. The standard InChI is InChI=1S/C11H15N3S/c12-10-7-3-1-4-8(7)13-11(14-10)9-5-2-6-15-9/h9H,1-6H2,(H2,12,13,14). The Bertz CT molecular complexity index is 386. The van der Waals surface area contributed by atoms with Gasteiger partial charge in [-0.15, -0.1) is 0 Å². The first-order chi connectivity index (χ1) is 7.34. The minimum absolute atomic E-state index is 0.498. The highest BCUT2D eigenvalue weighted by molar-refractivity contribution is 7.99. The van der Waals surface area contributed by atoms with E-state index in [9.17, 15) is 0 Å². The third-order valence-electron chi connectivity index (χ3n) is 3.20. The zero-order chi connectivity index (χ0) is 10.3. The molecule has 1 aromatic rings. The van der Waals surface area contributed by atoms with Crippen LogP contribution in [0.15, 0.2) is 0 Å². The molecule has 0 amide bonds. The SMILES string of the molecule is Nc1nc(C2CCCS2)nc2c1CCC2. The van der Waals surface area contributed by atoms with E-state index in [0.29, 0.717) is 5.25 Å². The summed E-state index contributed by atoms with van der Waals surface area (Å²) in [5.74, 6) is 2.96. The van der Waals surface area contributed by atoms with Gasteiger partial charge in [-0.25, -0.2) is 9.97 Å². The van der Waals surface area contributed by atoms with Gasteiger partial charge in [0.1, 0.15) is 11.6 Å². The highest BCUT2D eigenvalue weighted by Crippen LogP contribution is 2.39. The predicted octanol–water partition coefficient (Wildman–Crippen LogP) is 2.12. The maximum absolute atomic E-state index is 5.98. The van der Waals surface area contributed by atoms with Crippen LogP contribution < -0.4 is 5.73 Å². The smallest absolute Gasteiger partial charge is 0.143 e. The number of fused-ring (bicyclic) bond motifs is 1. The number of aromatic nitrogens is 2. The van der Waals surface area contributed by atoms with Gasteiger partial charge in [0.25, 0.3) is 0 Å². The summed E-state index contributed by atoms with van der Waals surface area (Å²) in [6, 6.07) is 0. The summed E-state index contributed by atoms with van der Waals surface area (Å²) in [5.41, 5.74) is 8.40. The number of hydrogen-bond acceptors (Lipinski definition) is 4. The second kappa shape index (κ2) is 3.67. The van der Waals surface area contributed by atoms with E-state index in [-0.39, 0.29) is 0 Å². The van der Waals surface area contributed by atoms with E-state index in [4.69, 9.17) is 5.73 Å². The van der Waals surface area contributed by atoms with Crippen molar-refractivity contribution in [3.8, 4) is 0 Å². The molecule has 0 spiro atoms. The third kappa shape index (κ3) is 1.61. The topological polar surface area (TPSA) is 51.8 Å². The van der Waals surface area contributed by atoms with E-state index in [0.717, 1.165) is 24.5 Å². The lowest BCUT2D eigenvalue weighted by molar-refractivity contribution is 0.769. The summed E-state index contributed by atoms with van der Waals surface area (Å²) < 4.78 is 0. The lowest BCUT2D eigenvalue weighted by Crippen LogP contribution is -2.06. The first-order valence-electron chi connectivity index (χ1n) is 5.61. The van der Waals surface area contributed by atoms with Crippen LogP contribution in [0.5, 0.6) is 0 Å². The molecule has 3 rings (SSSR count). The largest absolute Gasteiger partial charge is 0.383 e. The Morgan fingerprint density at radius 2 is 2.13 bits per heavy atom. The van der Waals surface area contributed by atoms with E-state index in [1.165, 1.54) is 36.3 Å². The van der Waals surface area contributed by atoms with E-state index < -0.39 is 0 Å². The highest BCUT2D eigenvalue weighted by Gasteiger charge is 2.24. The molecule has 1 unspecified atom stereocenters. The minimum Gasteiger partial charge on any atom is -0.383 e. The molecule has 2 heterocycles. The van der Waals surface area contributed by atoms with Crippen molar-refractivity contribution in [2.24, 2.45) is 0 Å². The molecule has 1 fully saturated rings. The molecule has 80 valence electrons. The number of anilines is 1. The van der Waals surface area contributed by atoms with Gasteiger partial charge in [-0.05, 0) is 37.9 Å². The van der Waals surface area contributed by atoms with Gasteiger partial charge in [-0.1, -0.05) is 0 Å². The highest BCUT2D eigenvalue weighted by atomic mass is 32.2. The van der Waals surface area contributed by atoms with E-state index >= 15 is 0 Å². The molecule has 0 bridgehead atoms. The molecule has 0 radical (unpaired) electrons. The van der Waals surface area contributed by atoms with E-state index in [2.05, 4.69) is 9.97 Å². The molecule has 1 saturated heterocycles. The predicted molar refractivity (Wildman–Crippen MR) is 62.9 cm³/mol. The normalized spacial score (nSPS) is 24.4. The van der Waals surface area contributed by atoms with Crippen molar-refractivity contribution in [3.63, 3.8) is 0 Å². The summed E-state index contributed by atoms with van der Waals surface area (Å²) in [7, 11) is 0. The van der Waals surface area contributed by atoms with Gasteiger partial charge in [0.2, 0.25) is 0 Å². The number of aryl methyl sites for hydroxylation is 1. The van der Waals surface area contributed by atoms with Crippen molar-refractivity contribution < 1.29 is 0 Å². The number of nitrogens with two attached hydrogens (primary N) is 1. The van der Waals surface area contributed by atoms with Gasteiger partial charge in [0.05, 0.1) is 5.25 Å². The molecule has 3 nitrogen and oxygen atoms in total. The molecule has 0 aromatic carbocycles. The van der Waals surface area contributed by atoms with Crippen molar-refractivity contribution >= 4 is 17.6 Å². The van der Waals surface area contributed by atoms with Crippen LogP contribution >= 0.6 is 11.8 Å². The Balaban J connectivity index is 1.99. The molecular weight excluding hydrogens is 206 g/mol. The van der Waals surface area contributed by atoms with Gasteiger partial charge >= 0.3 is 0 Å². The molecule has 1 atom stereocenters. The van der Waals surface area contributed by atoms with Crippen LogP contribution in [-0.2, 0) is 12.8 Å². The number of hydrogen-bond donors (Lipinski definition) is 1. The van der Waals surface area contributed by atoms with Gasteiger partial charge < -0.3 is 5.73 Å². The Hall–Kier alpha value is -0.770. The molecule has 1 aliphatic carbocycles. The summed E-state index contributed by atoms with van der Waals surface area (Å²) in [5, 5.41) is 0.498. The van der Waals surface area contributed by atoms with Crippen LogP contribution in [0.4, 0.5) is 5.82 Å². The fourth-order valence-electron chi connectivity index (χ4n) is 2.41. The molecule has 2 aliphatic rings. The van der Waals surface area contributed by atoms with Crippen LogP contribution in [0, 0.1) is 0 Å². The summed E-state index contributed by atoms with van der Waals surface area (Å²) in [6.45, 7) is 0. The Labute approximate surface area is 93.9 Å². The molecular formula is C11H15N3S. The van der Waals surface area contributed by atoms with Gasteiger partial charge in [-0.2, -0.15) is 11.8 Å². The van der Waals surface area contributed by atoms with Crippen molar-refractivity contribution in [3.05, 3.63) is 17.1 Å². The number of nitrogen functional groups attached to an aromatic ring is 1. The molecule has 4 heteroatoms. The van der Waals surface area contributed by atoms with Crippen molar-refractivity contribution in [1.29, 1.82) is 0 Å². The number of rotatable bonds is 1. The maximum atomic E-state index is 5.98. The molecule has 1 aromatic heterocycles. The summed E-state index contributed by atoms with van der Waals surface area (Å²) >= 11 is 1.97. The molecule has 2 N–H and O–H groups in total. The second-order valence-corrected chi connectivity index (χ2v) is 5.56. The van der Waals surface area contributed by atoms with Crippen LogP contribution in [0.1, 0.15) is 41.6 Å². The number of nitrogens with zero attached hydrogens (tertiary/aromatic N) is 2. The van der Waals surface area contributed by atoms with Crippen LogP contribution in [0.2, 0.25) is 0 Å². The lowest BCUT2D eigenvalue weighted by Gasteiger charge is -2.10. The zero-order valence-electron chi connectivity index (χ0n) is 8.70. The monoisotopic (exact) mass is 221 g/mol. The Kier molecular flexibility index (Phi) is 2.31. The fourth-order valence-corrected chi connectivity index (χ4v) is 3.61. The average Bonchev–Trinajstić information content (AvgIpc) is 2.88. The van der Waals surface area contributed by atoms with Gasteiger partial charge in [-0.3, -0.25) is 0 Å². The van der Waals surface area contributed by atoms with Crippen LogP contribution in [0.3, 0.4) is 0 Å². The molecule has 1 aliphatic heterocycles. The average molecular weight is 221 g/mol. The first kappa shape index (κ1) is 9.46. The van der Waals surface area contributed by atoms with E-state index in [1.54, 1.807) is 0 Å². The lowest BCUT2D eigenvalue weighted by atomic mass is 10.2. The van der Waals surface area contributed by atoms with Crippen molar-refractivity contribution in [2.75, 3.05) is 11.5 Å².